The van der Waals surface area contributed by atoms with Crippen LogP contribution < -0.4 is 24.4 Å². The number of esters is 1. The van der Waals surface area contributed by atoms with Gasteiger partial charge in [0.05, 0.1) is 22.4 Å². The van der Waals surface area contributed by atoms with Gasteiger partial charge in [-0.15, -0.1) is 11.3 Å². The van der Waals surface area contributed by atoms with Crippen LogP contribution in [-0.4, -0.2) is 23.9 Å². The fourth-order valence-electron chi connectivity index (χ4n) is 3.66. The second-order valence-corrected chi connectivity index (χ2v) is 8.92. The second-order valence-electron chi connectivity index (χ2n) is 6.93. The molecule has 2 aromatic heterocycles. The minimum absolute atomic E-state index is 0.192. The number of thiophene rings is 1. The van der Waals surface area contributed by atoms with E-state index in [1.54, 1.807) is 24.5 Å². The van der Waals surface area contributed by atoms with Crippen LogP contribution in [0, 0.1) is 0 Å². The minimum Gasteiger partial charge on any atom is -0.463 e. The number of ether oxygens (including phenoxy) is 3. The topological polar surface area (TPSA) is 79.1 Å². The first kappa shape index (κ1) is 19.8. The van der Waals surface area contributed by atoms with E-state index in [0.717, 1.165) is 10.4 Å². The number of allylic oxidation sites excluding steroid dienone is 1. The van der Waals surface area contributed by atoms with Crippen molar-refractivity contribution in [2.45, 2.75) is 19.9 Å². The van der Waals surface area contributed by atoms with Crippen LogP contribution in [-0.2, 0) is 9.53 Å². The van der Waals surface area contributed by atoms with E-state index in [1.807, 2.05) is 35.7 Å². The number of nitrogens with zero attached hydrogens (tertiary/aromatic N) is 2. The van der Waals surface area contributed by atoms with Gasteiger partial charge in [-0.3, -0.25) is 9.36 Å². The molecule has 1 atom stereocenters. The number of carbonyl (C=O) groups is 1. The summed E-state index contributed by atoms with van der Waals surface area (Å²) in [5.41, 5.74) is 1.58. The van der Waals surface area contributed by atoms with Crippen LogP contribution >= 0.6 is 22.7 Å². The Balaban J connectivity index is 1.68. The molecule has 9 heteroatoms. The smallest absolute Gasteiger partial charge is 0.338 e. The summed E-state index contributed by atoms with van der Waals surface area (Å²) in [6, 6.07) is 8.80. The molecule has 3 aromatic rings. The Bertz CT molecular complexity index is 1380. The molecule has 0 saturated heterocycles. The number of fused-ring (bicyclic) bond motifs is 2. The zero-order chi connectivity index (χ0) is 21.5. The molecule has 31 heavy (non-hydrogen) atoms. The molecule has 0 amide bonds. The summed E-state index contributed by atoms with van der Waals surface area (Å²) in [6.07, 6.45) is 1.81. The van der Waals surface area contributed by atoms with Gasteiger partial charge in [-0.1, -0.05) is 23.5 Å². The third-order valence-corrected chi connectivity index (χ3v) is 6.93. The second kappa shape index (κ2) is 7.82. The fraction of sp³-hybridized carbons (Fsp3) is 0.227. The minimum atomic E-state index is -0.561. The van der Waals surface area contributed by atoms with Gasteiger partial charge >= 0.3 is 5.97 Å². The van der Waals surface area contributed by atoms with E-state index in [1.165, 1.54) is 22.7 Å². The lowest BCUT2D eigenvalue weighted by Crippen LogP contribution is -2.39. The van der Waals surface area contributed by atoms with Gasteiger partial charge in [-0.2, -0.15) is 0 Å². The van der Waals surface area contributed by atoms with Crippen molar-refractivity contribution >= 4 is 34.7 Å². The third kappa shape index (κ3) is 3.39. The Morgan fingerprint density at radius 2 is 2.16 bits per heavy atom. The van der Waals surface area contributed by atoms with Gasteiger partial charge in [-0.05, 0) is 49.1 Å². The Hall–Kier alpha value is -3.17. The molecule has 0 N–H and O–H groups in total. The highest BCUT2D eigenvalue weighted by molar-refractivity contribution is 7.10. The zero-order valence-corrected chi connectivity index (χ0v) is 18.4. The number of hydrogen-bond donors (Lipinski definition) is 0. The first-order chi connectivity index (χ1) is 15.1. The Kier molecular flexibility index (Phi) is 4.99. The summed E-state index contributed by atoms with van der Waals surface area (Å²) in [7, 11) is 0. The lowest BCUT2D eigenvalue weighted by Gasteiger charge is -2.23. The Labute approximate surface area is 185 Å². The van der Waals surface area contributed by atoms with Gasteiger partial charge in [-0.25, -0.2) is 9.79 Å². The van der Waals surface area contributed by atoms with Crippen molar-refractivity contribution in [1.29, 1.82) is 0 Å². The number of benzene rings is 1. The molecule has 0 saturated carbocycles. The van der Waals surface area contributed by atoms with Crippen LogP contribution in [0.3, 0.4) is 0 Å². The highest BCUT2D eigenvalue weighted by Crippen LogP contribution is 2.34. The van der Waals surface area contributed by atoms with E-state index >= 15 is 0 Å². The number of hydrogen-bond acceptors (Lipinski definition) is 8. The third-order valence-electron chi connectivity index (χ3n) is 5.02. The summed E-state index contributed by atoms with van der Waals surface area (Å²) >= 11 is 2.79. The molecule has 2 aliphatic heterocycles. The summed E-state index contributed by atoms with van der Waals surface area (Å²) in [6.45, 7) is 3.98. The molecule has 0 radical (unpaired) electrons. The highest BCUT2D eigenvalue weighted by atomic mass is 32.1. The predicted molar refractivity (Wildman–Crippen MR) is 117 cm³/mol. The maximum atomic E-state index is 13.4. The molecule has 0 fully saturated rings. The van der Waals surface area contributed by atoms with Crippen molar-refractivity contribution < 1.29 is 19.0 Å². The van der Waals surface area contributed by atoms with Gasteiger partial charge in [0.25, 0.3) is 5.56 Å². The van der Waals surface area contributed by atoms with Crippen LogP contribution in [0.2, 0.25) is 0 Å². The molecule has 5 rings (SSSR count). The van der Waals surface area contributed by atoms with Crippen LogP contribution in [0.5, 0.6) is 11.5 Å². The van der Waals surface area contributed by atoms with Crippen molar-refractivity contribution in [2.75, 3.05) is 13.4 Å². The SMILES string of the molecule is CCOC(=O)C1=C(C)N=c2s/c(=C\c3ccc4c(c3)OCO4)c(=O)n2[C@H]1c1cccs1. The Morgan fingerprint density at radius 1 is 1.32 bits per heavy atom. The number of aromatic nitrogens is 1. The van der Waals surface area contributed by atoms with Crippen molar-refractivity contribution in [3.05, 3.63) is 77.1 Å². The average Bonchev–Trinajstić information content (AvgIpc) is 3.48. The van der Waals surface area contributed by atoms with Crippen LogP contribution in [0.15, 0.2) is 56.8 Å². The summed E-state index contributed by atoms with van der Waals surface area (Å²) in [5, 5.41) is 1.93. The van der Waals surface area contributed by atoms with E-state index in [0.29, 0.717) is 32.1 Å². The number of thiazole rings is 1. The summed E-state index contributed by atoms with van der Waals surface area (Å²) < 4.78 is 18.2. The van der Waals surface area contributed by atoms with Gasteiger partial charge in [0.2, 0.25) is 6.79 Å². The first-order valence-corrected chi connectivity index (χ1v) is 11.4. The van der Waals surface area contributed by atoms with Crippen molar-refractivity contribution in [3.8, 4) is 11.5 Å². The zero-order valence-electron chi connectivity index (χ0n) is 16.8. The average molecular weight is 455 g/mol. The van der Waals surface area contributed by atoms with Gasteiger partial charge in [0.1, 0.15) is 6.04 Å². The first-order valence-electron chi connectivity index (χ1n) is 9.69. The molecule has 0 spiro atoms. The molecule has 158 valence electrons. The summed E-state index contributed by atoms with van der Waals surface area (Å²) in [4.78, 5) is 32.2. The van der Waals surface area contributed by atoms with E-state index in [-0.39, 0.29) is 19.0 Å². The molecule has 7 nitrogen and oxygen atoms in total. The molecule has 0 aliphatic carbocycles. The molecule has 4 heterocycles. The van der Waals surface area contributed by atoms with Gasteiger partial charge in [0.15, 0.2) is 16.3 Å². The molecular weight excluding hydrogens is 436 g/mol. The number of rotatable bonds is 4. The van der Waals surface area contributed by atoms with Gasteiger partial charge in [0, 0.05) is 4.88 Å². The largest absolute Gasteiger partial charge is 0.463 e. The normalized spacial score (nSPS) is 17.5. The monoisotopic (exact) mass is 454 g/mol. The number of carbonyl (C=O) groups excluding carboxylic acids is 1. The van der Waals surface area contributed by atoms with Crippen molar-refractivity contribution in [1.82, 2.24) is 4.57 Å². The standard InChI is InChI=1S/C22H18N2O5S2/c1-3-27-21(26)18-12(2)23-22-24(19(18)16-5-4-8-30-16)20(25)17(31-22)10-13-6-7-14-15(9-13)29-11-28-14/h4-10,19H,3,11H2,1-2H3/b17-10-/t19-/m0/s1. The molecule has 0 bridgehead atoms. The van der Waals surface area contributed by atoms with E-state index in [4.69, 9.17) is 14.2 Å². The van der Waals surface area contributed by atoms with E-state index in [2.05, 4.69) is 4.99 Å². The lowest BCUT2D eigenvalue weighted by molar-refractivity contribution is -0.139. The van der Waals surface area contributed by atoms with Crippen LogP contribution in [0.1, 0.15) is 30.3 Å². The fourth-order valence-corrected chi connectivity index (χ4v) is 5.53. The van der Waals surface area contributed by atoms with Crippen molar-refractivity contribution in [2.24, 2.45) is 4.99 Å². The maximum absolute atomic E-state index is 13.4. The van der Waals surface area contributed by atoms with Crippen molar-refractivity contribution in [3.63, 3.8) is 0 Å². The molecule has 1 aromatic carbocycles. The Morgan fingerprint density at radius 3 is 2.94 bits per heavy atom. The highest BCUT2D eigenvalue weighted by Gasteiger charge is 2.33. The molecule has 0 unspecified atom stereocenters. The molecule has 2 aliphatic rings. The predicted octanol–water partition coefficient (Wildman–Crippen LogP) is 2.59. The molecular formula is C22H18N2O5S2. The van der Waals surface area contributed by atoms with Crippen LogP contribution in [0.4, 0.5) is 0 Å². The van der Waals surface area contributed by atoms with E-state index in [9.17, 15) is 9.59 Å². The van der Waals surface area contributed by atoms with E-state index < -0.39 is 12.0 Å². The van der Waals surface area contributed by atoms with Gasteiger partial charge < -0.3 is 14.2 Å². The lowest BCUT2D eigenvalue weighted by atomic mass is 10.0. The quantitative estimate of drug-likeness (QED) is 0.567. The summed E-state index contributed by atoms with van der Waals surface area (Å²) in [5.74, 6) is 0.886. The maximum Gasteiger partial charge on any atom is 0.338 e. The van der Waals surface area contributed by atoms with Crippen LogP contribution in [0.25, 0.3) is 6.08 Å².